The predicted octanol–water partition coefficient (Wildman–Crippen LogP) is 12.0. The molecule has 0 saturated heterocycles. The Morgan fingerprint density at radius 3 is 2.00 bits per heavy atom. The Morgan fingerprint density at radius 2 is 1.28 bits per heavy atom. The maximum Gasteiger partial charge on any atom is 0.0900 e. The van der Waals surface area contributed by atoms with Gasteiger partial charge in [0.2, 0.25) is 0 Å². The molecule has 0 N–H and O–H groups in total. The van der Waals surface area contributed by atoms with E-state index in [1.165, 1.54) is 53.7 Å². The Kier molecular flexibility index (Phi) is 7.62. The van der Waals surface area contributed by atoms with Gasteiger partial charge < -0.3 is 4.90 Å². The smallest absolute Gasteiger partial charge is 0.0900 e. The van der Waals surface area contributed by atoms with Gasteiger partial charge in [-0.25, -0.2) is 4.98 Å². The van der Waals surface area contributed by atoms with Gasteiger partial charge in [-0.3, -0.25) is 9.97 Å². The highest BCUT2D eigenvalue weighted by atomic mass is 32.1. The van der Waals surface area contributed by atoms with Crippen molar-refractivity contribution < 1.29 is 0 Å². The number of aromatic nitrogens is 3. The number of fused-ring (bicyclic) bond motifs is 5. The van der Waals surface area contributed by atoms with E-state index in [1.54, 1.807) is 0 Å². The summed E-state index contributed by atoms with van der Waals surface area (Å²) in [6, 6.07) is 49.9. The zero-order valence-corrected chi connectivity index (χ0v) is 30.3. The fourth-order valence-corrected chi connectivity index (χ4v) is 9.95. The van der Waals surface area contributed by atoms with Crippen LogP contribution in [0.5, 0.6) is 0 Å². The van der Waals surface area contributed by atoms with Crippen LogP contribution in [-0.2, 0) is 0 Å². The van der Waals surface area contributed by atoms with Crippen LogP contribution in [0.15, 0.2) is 170 Å². The minimum Gasteiger partial charge on any atom is -0.365 e. The van der Waals surface area contributed by atoms with Crippen molar-refractivity contribution in [3.8, 4) is 33.9 Å². The molecule has 0 fully saturated rings. The SMILES string of the molecule is CC1C2=C(C=CC1c1ccc(-c3cc(-c4ccccn4)nc(-c4ccccn4)c3)cc1)c1c(sc3ccccc13)C(c1cccc3ccccc13)N2C. The van der Waals surface area contributed by atoms with Gasteiger partial charge in [0.25, 0.3) is 0 Å². The average molecular weight is 701 g/mol. The van der Waals surface area contributed by atoms with Crippen molar-refractivity contribution in [1.82, 2.24) is 19.9 Å². The number of allylic oxidation sites excluding steroid dienone is 4. The van der Waals surface area contributed by atoms with Gasteiger partial charge in [-0.2, -0.15) is 0 Å². The number of hydrogen-bond donors (Lipinski definition) is 0. The van der Waals surface area contributed by atoms with E-state index in [0.29, 0.717) is 0 Å². The molecule has 4 aromatic carbocycles. The van der Waals surface area contributed by atoms with E-state index in [0.717, 1.165) is 33.9 Å². The zero-order chi connectivity index (χ0) is 35.5. The van der Waals surface area contributed by atoms with Crippen LogP contribution in [0.2, 0.25) is 0 Å². The third kappa shape index (κ3) is 5.30. The lowest BCUT2D eigenvalue weighted by molar-refractivity contribution is 0.303. The van der Waals surface area contributed by atoms with E-state index in [-0.39, 0.29) is 17.9 Å². The lowest BCUT2D eigenvalue weighted by Gasteiger charge is -2.44. The topological polar surface area (TPSA) is 41.9 Å². The summed E-state index contributed by atoms with van der Waals surface area (Å²) in [6.07, 6.45) is 8.47. The Balaban J connectivity index is 1.04. The summed E-state index contributed by atoms with van der Waals surface area (Å²) in [4.78, 5) is 18.2. The maximum absolute atomic E-state index is 4.98. The van der Waals surface area contributed by atoms with Crippen LogP contribution in [0.3, 0.4) is 0 Å². The predicted molar refractivity (Wildman–Crippen MR) is 219 cm³/mol. The third-order valence-electron chi connectivity index (χ3n) is 11.1. The van der Waals surface area contributed by atoms with Crippen molar-refractivity contribution in [2.24, 2.45) is 5.92 Å². The molecule has 5 heterocycles. The molecule has 53 heavy (non-hydrogen) atoms. The van der Waals surface area contributed by atoms with E-state index in [2.05, 4.69) is 144 Å². The number of hydrogen-bond acceptors (Lipinski definition) is 5. The maximum atomic E-state index is 4.98. The Bertz CT molecular complexity index is 2650. The molecule has 254 valence electrons. The van der Waals surface area contributed by atoms with Crippen LogP contribution >= 0.6 is 11.3 Å². The monoisotopic (exact) mass is 700 g/mol. The molecule has 0 saturated carbocycles. The van der Waals surface area contributed by atoms with Gasteiger partial charge in [-0.1, -0.05) is 116 Å². The van der Waals surface area contributed by atoms with Crippen LogP contribution in [0.25, 0.3) is 60.3 Å². The molecule has 3 unspecified atom stereocenters. The van der Waals surface area contributed by atoms with Gasteiger partial charge in [-0.15, -0.1) is 11.3 Å². The highest BCUT2D eigenvalue weighted by Gasteiger charge is 2.40. The minimum atomic E-state index is 0.123. The van der Waals surface area contributed by atoms with Gasteiger partial charge in [0.05, 0.1) is 28.8 Å². The van der Waals surface area contributed by atoms with E-state index in [4.69, 9.17) is 4.98 Å². The molecule has 0 spiro atoms. The molecule has 0 radical (unpaired) electrons. The van der Waals surface area contributed by atoms with Crippen molar-refractivity contribution >= 4 is 37.8 Å². The van der Waals surface area contributed by atoms with Crippen LogP contribution in [0, 0.1) is 5.92 Å². The van der Waals surface area contributed by atoms with E-state index in [9.17, 15) is 0 Å². The Labute approximate surface area is 313 Å². The molecule has 0 amide bonds. The van der Waals surface area contributed by atoms with Gasteiger partial charge in [0.15, 0.2) is 0 Å². The second-order valence-corrected chi connectivity index (χ2v) is 15.2. The first kappa shape index (κ1) is 31.6. The lowest BCUT2D eigenvalue weighted by atomic mass is 9.75. The quantitative estimate of drug-likeness (QED) is 0.179. The van der Waals surface area contributed by atoms with Crippen LogP contribution in [-0.4, -0.2) is 26.9 Å². The van der Waals surface area contributed by atoms with Gasteiger partial charge in [-0.05, 0) is 75.5 Å². The largest absolute Gasteiger partial charge is 0.365 e. The summed E-state index contributed by atoms with van der Waals surface area (Å²) < 4.78 is 1.34. The van der Waals surface area contributed by atoms with Crippen LogP contribution in [0.1, 0.15) is 40.5 Å². The first-order chi connectivity index (χ1) is 26.1. The molecule has 2 aliphatic rings. The van der Waals surface area contributed by atoms with Crippen LogP contribution < -0.4 is 0 Å². The fraction of sp³-hybridized carbons (Fsp3) is 0.104. The van der Waals surface area contributed by atoms with Gasteiger partial charge >= 0.3 is 0 Å². The summed E-state index contributed by atoms with van der Waals surface area (Å²) in [7, 11) is 2.31. The second-order valence-electron chi connectivity index (χ2n) is 14.1. The van der Waals surface area contributed by atoms with Crippen molar-refractivity contribution in [1.29, 1.82) is 0 Å². The molecule has 4 nitrogen and oxygen atoms in total. The molecule has 10 rings (SSSR count). The van der Waals surface area contributed by atoms with E-state index >= 15 is 0 Å². The van der Waals surface area contributed by atoms with Crippen molar-refractivity contribution in [3.05, 3.63) is 191 Å². The number of nitrogens with zero attached hydrogens (tertiary/aromatic N) is 4. The summed E-state index contributed by atoms with van der Waals surface area (Å²) in [5.41, 5.74) is 12.4. The van der Waals surface area contributed by atoms with E-state index < -0.39 is 0 Å². The molecule has 5 heteroatoms. The summed E-state index contributed by atoms with van der Waals surface area (Å²) >= 11 is 1.95. The molecule has 0 bridgehead atoms. The number of benzene rings is 4. The van der Waals surface area contributed by atoms with Crippen molar-refractivity contribution in [2.45, 2.75) is 18.9 Å². The standard InChI is InChI=1S/C48H36N4S/c1-30-35(33-22-20-31(21-23-33)34-28-42(40-17-7-9-26-49-40)51-43(29-34)41-18-8-10-27-50-41)24-25-39-45-38-15-5-6-19-44(38)53-48(45)47(52(2)46(30)39)37-16-11-13-32-12-3-4-14-36(32)37/h3-30,35,47H,1-2H3. The molecular weight excluding hydrogens is 665 g/mol. The number of thiophene rings is 1. The summed E-state index contributed by atoms with van der Waals surface area (Å²) in [6.45, 7) is 2.41. The Morgan fingerprint density at radius 1 is 0.623 bits per heavy atom. The van der Waals surface area contributed by atoms with Gasteiger partial charge in [0.1, 0.15) is 0 Å². The van der Waals surface area contributed by atoms with E-state index in [1.807, 2.05) is 60.1 Å². The molecule has 1 aliphatic carbocycles. The molecule has 8 aromatic rings. The molecular formula is C48H36N4S. The van der Waals surface area contributed by atoms with Crippen molar-refractivity contribution in [3.63, 3.8) is 0 Å². The minimum absolute atomic E-state index is 0.123. The molecule has 4 aromatic heterocycles. The molecule has 3 atom stereocenters. The summed E-state index contributed by atoms with van der Waals surface area (Å²) in [5.74, 6) is 0.498. The van der Waals surface area contributed by atoms with Gasteiger partial charge in [0, 0.05) is 63.1 Å². The fourth-order valence-electron chi connectivity index (χ4n) is 8.56. The number of pyridine rings is 3. The zero-order valence-electron chi connectivity index (χ0n) is 29.5. The second kappa shape index (κ2) is 12.8. The highest BCUT2D eigenvalue weighted by molar-refractivity contribution is 7.19. The third-order valence-corrected chi connectivity index (χ3v) is 12.3. The molecule has 1 aliphatic heterocycles. The lowest BCUT2D eigenvalue weighted by Crippen LogP contribution is -2.35. The van der Waals surface area contributed by atoms with Crippen LogP contribution in [0.4, 0.5) is 0 Å². The first-order valence-corrected chi connectivity index (χ1v) is 19.0. The average Bonchev–Trinajstić information content (AvgIpc) is 3.61. The highest BCUT2D eigenvalue weighted by Crippen LogP contribution is 2.54. The normalized spacial score (nSPS) is 18.0. The summed E-state index contributed by atoms with van der Waals surface area (Å²) in [5, 5.41) is 3.95. The first-order valence-electron chi connectivity index (χ1n) is 18.2. The number of rotatable bonds is 5. The van der Waals surface area contributed by atoms with Crippen molar-refractivity contribution in [2.75, 3.05) is 7.05 Å². The Hall–Kier alpha value is -6.17.